The normalized spacial score (nSPS) is 16.7. The second-order valence-electron chi connectivity index (χ2n) is 5.86. The molecule has 0 spiro atoms. The van der Waals surface area contributed by atoms with E-state index in [0.29, 0.717) is 38.0 Å². The highest BCUT2D eigenvalue weighted by atomic mass is 35.5. The summed E-state index contributed by atoms with van der Waals surface area (Å²) in [5.74, 6) is 1.73. The Hall–Kier alpha value is -2.67. The van der Waals surface area contributed by atoms with E-state index in [-0.39, 0.29) is 11.0 Å². The van der Waals surface area contributed by atoms with Gasteiger partial charge in [0.2, 0.25) is 0 Å². The van der Waals surface area contributed by atoms with Crippen molar-refractivity contribution in [3.05, 3.63) is 75.3 Å². The number of amidine groups is 1. The summed E-state index contributed by atoms with van der Waals surface area (Å²) in [7, 11) is 0. The lowest BCUT2D eigenvalue weighted by molar-refractivity contribution is 0.265. The average molecular weight is 431 g/mol. The number of benzene rings is 2. The molecular formula is C20H12Cl2N2O3S. The second kappa shape index (κ2) is 7.75. The van der Waals surface area contributed by atoms with Crippen molar-refractivity contribution in [2.45, 2.75) is 0 Å². The monoisotopic (exact) mass is 430 g/mol. The number of aromatic hydroxyl groups is 1. The molecule has 0 bridgehead atoms. The van der Waals surface area contributed by atoms with Gasteiger partial charge in [0.05, 0.1) is 10.6 Å². The number of rotatable bonds is 3. The number of hydrogen-bond donors (Lipinski definition) is 2. The summed E-state index contributed by atoms with van der Waals surface area (Å²) in [6.45, 7) is 0. The first-order valence-electron chi connectivity index (χ1n) is 8.11. The highest BCUT2D eigenvalue weighted by molar-refractivity contribution is 8.18. The molecule has 4 rings (SSSR count). The van der Waals surface area contributed by atoms with Gasteiger partial charge in [0, 0.05) is 15.6 Å². The van der Waals surface area contributed by atoms with E-state index in [9.17, 15) is 9.90 Å². The summed E-state index contributed by atoms with van der Waals surface area (Å²) in [6, 6.07) is 15.1. The molecular weight excluding hydrogens is 419 g/mol. The minimum Gasteiger partial charge on any atom is -0.508 e. The third kappa shape index (κ3) is 4.25. The summed E-state index contributed by atoms with van der Waals surface area (Å²) in [4.78, 5) is 16.9. The molecule has 1 amide bonds. The van der Waals surface area contributed by atoms with Gasteiger partial charge in [-0.2, -0.15) is 0 Å². The Kier molecular flexibility index (Phi) is 5.17. The molecule has 1 fully saturated rings. The van der Waals surface area contributed by atoms with Gasteiger partial charge in [0.15, 0.2) is 0 Å². The van der Waals surface area contributed by atoms with Crippen LogP contribution in [0.4, 0.5) is 10.5 Å². The van der Waals surface area contributed by atoms with E-state index in [0.717, 1.165) is 17.3 Å². The number of aliphatic imine (C=N–C) groups is 1. The van der Waals surface area contributed by atoms with Gasteiger partial charge in [-0.05, 0) is 72.4 Å². The number of furan rings is 1. The molecule has 0 aliphatic carbocycles. The summed E-state index contributed by atoms with van der Waals surface area (Å²) >= 11 is 13.1. The topological polar surface area (TPSA) is 74.8 Å². The van der Waals surface area contributed by atoms with Gasteiger partial charge in [-0.25, -0.2) is 4.99 Å². The highest BCUT2D eigenvalue weighted by Gasteiger charge is 2.24. The molecule has 1 aromatic heterocycles. The number of phenolic OH excluding ortho intramolecular Hbond substituents is 1. The van der Waals surface area contributed by atoms with Crippen molar-refractivity contribution in [2.24, 2.45) is 4.99 Å². The number of carbonyl (C=O) groups is 1. The van der Waals surface area contributed by atoms with Gasteiger partial charge in [-0.1, -0.05) is 23.2 Å². The van der Waals surface area contributed by atoms with Gasteiger partial charge in [0.1, 0.15) is 23.1 Å². The van der Waals surface area contributed by atoms with Crippen LogP contribution in [0.2, 0.25) is 10.0 Å². The van der Waals surface area contributed by atoms with Crippen LogP contribution in [0, 0.1) is 0 Å². The first kappa shape index (κ1) is 18.7. The highest BCUT2D eigenvalue weighted by Crippen LogP contribution is 2.32. The molecule has 5 nitrogen and oxygen atoms in total. The van der Waals surface area contributed by atoms with E-state index < -0.39 is 0 Å². The largest absolute Gasteiger partial charge is 0.508 e. The maximum Gasteiger partial charge on any atom is 0.289 e. The number of hydrogen-bond acceptors (Lipinski definition) is 5. The van der Waals surface area contributed by atoms with Crippen LogP contribution in [0.25, 0.3) is 17.4 Å². The zero-order valence-corrected chi connectivity index (χ0v) is 16.5. The predicted octanol–water partition coefficient (Wildman–Crippen LogP) is 6.49. The molecule has 2 heterocycles. The van der Waals surface area contributed by atoms with Crippen LogP contribution in [0.1, 0.15) is 5.76 Å². The average Bonchev–Trinajstić information content (AvgIpc) is 3.23. The number of thioether (sulfide) groups is 1. The van der Waals surface area contributed by atoms with E-state index in [1.54, 1.807) is 48.5 Å². The zero-order chi connectivity index (χ0) is 19.7. The molecule has 1 aliphatic rings. The quantitative estimate of drug-likeness (QED) is 0.497. The molecule has 2 N–H and O–H groups in total. The molecule has 0 radical (unpaired) electrons. The minimum atomic E-state index is -0.225. The smallest absolute Gasteiger partial charge is 0.289 e. The fraction of sp³-hybridized carbons (Fsp3) is 0. The number of amides is 1. The Morgan fingerprint density at radius 1 is 1.04 bits per heavy atom. The van der Waals surface area contributed by atoms with Crippen LogP contribution in [-0.4, -0.2) is 16.2 Å². The number of phenols is 1. The van der Waals surface area contributed by atoms with Gasteiger partial charge >= 0.3 is 0 Å². The van der Waals surface area contributed by atoms with Crippen LogP contribution >= 0.6 is 35.0 Å². The third-order valence-electron chi connectivity index (χ3n) is 3.79. The first-order chi connectivity index (χ1) is 13.5. The van der Waals surface area contributed by atoms with E-state index in [2.05, 4.69) is 10.3 Å². The third-order valence-corrected chi connectivity index (χ3v) is 5.05. The Bertz CT molecular complexity index is 1100. The Labute approximate surface area is 174 Å². The van der Waals surface area contributed by atoms with Crippen LogP contribution < -0.4 is 5.32 Å². The zero-order valence-electron chi connectivity index (χ0n) is 14.1. The predicted molar refractivity (Wildman–Crippen MR) is 113 cm³/mol. The maximum absolute atomic E-state index is 11.8. The molecule has 1 saturated heterocycles. The summed E-state index contributed by atoms with van der Waals surface area (Å²) in [5, 5.41) is 12.9. The van der Waals surface area contributed by atoms with Gasteiger partial charge in [0.25, 0.3) is 5.24 Å². The van der Waals surface area contributed by atoms with E-state index >= 15 is 0 Å². The van der Waals surface area contributed by atoms with Crippen LogP contribution in [0.3, 0.4) is 0 Å². The van der Waals surface area contributed by atoms with Crippen molar-refractivity contribution < 1.29 is 14.3 Å². The van der Waals surface area contributed by atoms with E-state index in [1.165, 1.54) is 12.1 Å². The summed E-state index contributed by atoms with van der Waals surface area (Å²) < 4.78 is 5.86. The first-order valence-corrected chi connectivity index (χ1v) is 9.68. The van der Waals surface area contributed by atoms with Crippen molar-refractivity contribution in [3.8, 4) is 17.1 Å². The standard InChI is InChI=1S/C20H12Cl2N2O3S/c21-12-7-11(8-13(22)9-12)17-6-5-16(27-17)10-18-19(24-20(26)28-18)23-14-1-3-15(25)4-2-14/h1-10,25H,(H,23,24,26). The van der Waals surface area contributed by atoms with Crippen LogP contribution in [0.5, 0.6) is 5.75 Å². The van der Waals surface area contributed by atoms with E-state index in [4.69, 9.17) is 27.6 Å². The molecule has 1 aliphatic heterocycles. The van der Waals surface area contributed by atoms with Gasteiger partial charge in [-0.3, -0.25) is 4.79 Å². The summed E-state index contributed by atoms with van der Waals surface area (Å²) in [5.41, 5.74) is 1.36. The van der Waals surface area contributed by atoms with Crippen LogP contribution in [0.15, 0.2) is 68.9 Å². The van der Waals surface area contributed by atoms with Crippen molar-refractivity contribution in [3.63, 3.8) is 0 Å². The lowest BCUT2D eigenvalue weighted by Crippen LogP contribution is -2.18. The van der Waals surface area contributed by atoms with Crippen molar-refractivity contribution in [1.82, 2.24) is 5.32 Å². The van der Waals surface area contributed by atoms with Gasteiger partial charge in [-0.15, -0.1) is 0 Å². The molecule has 8 heteroatoms. The molecule has 0 saturated carbocycles. The Morgan fingerprint density at radius 3 is 2.46 bits per heavy atom. The maximum atomic E-state index is 11.8. The molecule has 28 heavy (non-hydrogen) atoms. The molecule has 0 atom stereocenters. The minimum absolute atomic E-state index is 0.147. The number of nitrogens with one attached hydrogen (secondary N) is 1. The fourth-order valence-corrected chi connectivity index (χ4v) is 3.82. The molecule has 0 unspecified atom stereocenters. The SMILES string of the molecule is O=C1NC(=Nc2ccc(O)cc2)C(=Cc2ccc(-c3cc(Cl)cc(Cl)c3)o2)S1. The van der Waals surface area contributed by atoms with Gasteiger partial charge < -0.3 is 14.8 Å². The van der Waals surface area contributed by atoms with E-state index in [1.807, 2.05) is 0 Å². The second-order valence-corrected chi connectivity index (χ2v) is 7.75. The van der Waals surface area contributed by atoms with Crippen LogP contribution in [-0.2, 0) is 0 Å². The number of nitrogens with zero attached hydrogens (tertiary/aromatic N) is 1. The van der Waals surface area contributed by atoms with Crippen molar-refractivity contribution in [1.29, 1.82) is 0 Å². The fourth-order valence-electron chi connectivity index (χ4n) is 2.58. The molecule has 140 valence electrons. The Balaban J connectivity index is 1.64. The molecule has 2 aromatic carbocycles. The number of carbonyl (C=O) groups excluding carboxylic acids is 1. The Morgan fingerprint density at radius 2 is 1.75 bits per heavy atom. The number of halogens is 2. The molecule has 3 aromatic rings. The van der Waals surface area contributed by atoms with Crippen molar-refractivity contribution in [2.75, 3.05) is 0 Å². The summed E-state index contributed by atoms with van der Waals surface area (Å²) in [6.07, 6.45) is 1.73. The lowest BCUT2D eigenvalue weighted by atomic mass is 10.2. The lowest BCUT2D eigenvalue weighted by Gasteiger charge is -2.00. The van der Waals surface area contributed by atoms with Crippen molar-refractivity contribution >= 4 is 57.8 Å².